The lowest BCUT2D eigenvalue weighted by atomic mass is 9.93. The number of carboxylic acids is 1. The molecule has 0 radical (unpaired) electrons. The van der Waals surface area contributed by atoms with Crippen LogP contribution in [0.2, 0.25) is 0 Å². The van der Waals surface area contributed by atoms with Crippen LogP contribution in [0.4, 0.5) is 0 Å². The van der Waals surface area contributed by atoms with Crippen molar-refractivity contribution >= 4 is 11.9 Å². The summed E-state index contributed by atoms with van der Waals surface area (Å²) in [5.74, 6) is -0.517. The maximum absolute atomic E-state index is 12.9. The lowest BCUT2D eigenvalue weighted by Gasteiger charge is -2.20. The van der Waals surface area contributed by atoms with Crippen LogP contribution in [0.15, 0.2) is 48.5 Å². The number of nitrogens with one attached hydrogen (secondary N) is 1. The van der Waals surface area contributed by atoms with Gasteiger partial charge in [0.2, 0.25) is 5.91 Å². The highest BCUT2D eigenvalue weighted by atomic mass is 16.5. The van der Waals surface area contributed by atoms with E-state index >= 15 is 0 Å². The summed E-state index contributed by atoms with van der Waals surface area (Å²) in [7, 11) is 3.14. The number of methoxy groups -OCH3 is 2. The van der Waals surface area contributed by atoms with Gasteiger partial charge in [0.05, 0.1) is 25.6 Å². The van der Waals surface area contributed by atoms with Crippen LogP contribution in [-0.4, -0.2) is 37.7 Å². The van der Waals surface area contributed by atoms with Crippen molar-refractivity contribution in [2.75, 3.05) is 20.8 Å². The zero-order chi connectivity index (χ0) is 20.1. The predicted molar refractivity (Wildman–Crippen MR) is 105 cm³/mol. The molecule has 1 atom stereocenters. The molecular weight excluding hydrogens is 358 g/mol. The van der Waals surface area contributed by atoms with Crippen LogP contribution >= 0.6 is 0 Å². The molecule has 2 N–H and O–H groups in total. The van der Waals surface area contributed by atoms with Crippen LogP contribution in [0.1, 0.15) is 24.0 Å². The Balaban J connectivity index is 1.70. The number of amides is 1. The van der Waals surface area contributed by atoms with Gasteiger partial charge in [-0.25, -0.2) is 0 Å². The lowest BCUT2D eigenvalue weighted by Crippen LogP contribution is -2.40. The van der Waals surface area contributed by atoms with E-state index < -0.39 is 17.3 Å². The molecule has 6 heteroatoms. The van der Waals surface area contributed by atoms with Gasteiger partial charge in [0.25, 0.3) is 0 Å². The first-order chi connectivity index (χ1) is 13.5. The molecule has 1 unspecified atom stereocenters. The van der Waals surface area contributed by atoms with Crippen molar-refractivity contribution in [3.63, 3.8) is 0 Å². The van der Waals surface area contributed by atoms with Crippen LogP contribution in [-0.2, 0) is 21.4 Å². The summed E-state index contributed by atoms with van der Waals surface area (Å²) in [6.45, 7) is 0.0586. The van der Waals surface area contributed by atoms with Gasteiger partial charge in [-0.2, -0.15) is 0 Å². The molecule has 0 saturated heterocycles. The molecule has 2 aromatic rings. The Morgan fingerprint density at radius 1 is 1.04 bits per heavy atom. The monoisotopic (exact) mass is 383 g/mol. The van der Waals surface area contributed by atoms with E-state index in [-0.39, 0.29) is 18.9 Å². The Kier molecular flexibility index (Phi) is 5.87. The van der Waals surface area contributed by atoms with Crippen molar-refractivity contribution in [3.8, 4) is 11.5 Å². The summed E-state index contributed by atoms with van der Waals surface area (Å²) in [4.78, 5) is 24.7. The third kappa shape index (κ3) is 3.96. The third-order valence-electron chi connectivity index (χ3n) is 5.32. The van der Waals surface area contributed by atoms with Crippen LogP contribution in [0.5, 0.6) is 11.5 Å². The van der Waals surface area contributed by atoms with Gasteiger partial charge in [0.1, 0.15) is 11.5 Å². The number of carboxylic acid groups (broad SMARTS) is 1. The summed E-state index contributed by atoms with van der Waals surface area (Å²) in [5.41, 5.74) is 1.03. The van der Waals surface area contributed by atoms with Crippen molar-refractivity contribution in [1.29, 1.82) is 0 Å². The first kappa shape index (κ1) is 19.7. The molecule has 0 aliphatic heterocycles. The summed E-state index contributed by atoms with van der Waals surface area (Å²) < 4.78 is 10.7. The van der Waals surface area contributed by atoms with Gasteiger partial charge in [0, 0.05) is 12.1 Å². The SMILES string of the molecule is COc1ccccc1CC(CNC(=O)C1(c2ccccc2OC)CC1)C(=O)O. The number of aliphatic carboxylic acids is 1. The highest BCUT2D eigenvalue weighted by Gasteiger charge is 2.52. The number of carbonyl (C=O) groups excluding carboxylic acids is 1. The summed E-state index contributed by atoms with van der Waals surface area (Å²) in [6, 6.07) is 14.8. The number of benzene rings is 2. The van der Waals surface area contributed by atoms with E-state index in [9.17, 15) is 14.7 Å². The van der Waals surface area contributed by atoms with E-state index in [0.29, 0.717) is 11.5 Å². The van der Waals surface area contributed by atoms with Crippen molar-refractivity contribution in [2.24, 2.45) is 5.92 Å². The van der Waals surface area contributed by atoms with Gasteiger partial charge >= 0.3 is 5.97 Å². The van der Waals surface area contributed by atoms with Gasteiger partial charge in [-0.3, -0.25) is 9.59 Å². The van der Waals surface area contributed by atoms with Crippen molar-refractivity contribution in [2.45, 2.75) is 24.7 Å². The molecule has 148 valence electrons. The van der Waals surface area contributed by atoms with Crippen LogP contribution in [0.25, 0.3) is 0 Å². The fourth-order valence-electron chi connectivity index (χ4n) is 3.55. The number of rotatable bonds is 9. The van der Waals surface area contributed by atoms with E-state index in [0.717, 1.165) is 24.0 Å². The fourth-order valence-corrected chi connectivity index (χ4v) is 3.55. The molecule has 1 aliphatic carbocycles. The molecule has 1 aliphatic rings. The molecule has 0 bridgehead atoms. The fraction of sp³-hybridized carbons (Fsp3) is 0.364. The predicted octanol–water partition coefficient (Wildman–Crippen LogP) is 2.80. The Hall–Kier alpha value is -3.02. The van der Waals surface area contributed by atoms with E-state index in [1.807, 2.05) is 42.5 Å². The molecular formula is C22H25NO5. The topological polar surface area (TPSA) is 84.9 Å². The van der Waals surface area contributed by atoms with E-state index in [1.165, 1.54) is 0 Å². The maximum atomic E-state index is 12.9. The van der Waals surface area contributed by atoms with E-state index in [2.05, 4.69) is 5.32 Å². The Morgan fingerprint density at radius 2 is 1.64 bits per heavy atom. The smallest absolute Gasteiger partial charge is 0.308 e. The molecule has 3 rings (SSSR count). The second-order valence-electron chi connectivity index (χ2n) is 7.04. The zero-order valence-electron chi connectivity index (χ0n) is 16.1. The van der Waals surface area contributed by atoms with Crippen LogP contribution < -0.4 is 14.8 Å². The Labute approximate surface area is 164 Å². The summed E-state index contributed by atoms with van der Waals surface area (Å²) in [5, 5.41) is 12.5. The summed E-state index contributed by atoms with van der Waals surface area (Å²) in [6.07, 6.45) is 1.73. The van der Waals surface area contributed by atoms with E-state index in [4.69, 9.17) is 9.47 Å². The number of para-hydroxylation sites is 2. The van der Waals surface area contributed by atoms with Crippen molar-refractivity contribution < 1.29 is 24.2 Å². The van der Waals surface area contributed by atoms with Gasteiger partial charge in [-0.05, 0) is 37.0 Å². The molecule has 2 aromatic carbocycles. The quantitative estimate of drug-likeness (QED) is 0.696. The Morgan fingerprint density at radius 3 is 2.25 bits per heavy atom. The molecule has 0 heterocycles. The minimum Gasteiger partial charge on any atom is -0.496 e. The number of carbonyl (C=O) groups is 2. The average molecular weight is 383 g/mol. The molecule has 0 aromatic heterocycles. The number of hydrogen-bond acceptors (Lipinski definition) is 4. The van der Waals surface area contributed by atoms with Gasteiger partial charge in [-0.1, -0.05) is 36.4 Å². The number of hydrogen-bond donors (Lipinski definition) is 2. The molecule has 0 spiro atoms. The first-order valence-corrected chi connectivity index (χ1v) is 9.28. The maximum Gasteiger partial charge on any atom is 0.308 e. The second-order valence-corrected chi connectivity index (χ2v) is 7.04. The van der Waals surface area contributed by atoms with Gasteiger partial charge in [0.15, 0.2) is 0 Å². The first-order valence-electron chi connectivity index (χ1n) is 9.28. The van der Waals surface area contributed by atoms with E-state index in [1.54, 1.807) is 20.3 Å². The van der Waals surface area contributed by atoms with Crippen molar-refractivity contribution in [3.05, 3.63) is 59.7 Å². The van der Waals surface area contributed by atoms with Gasteiger partial charge in [-0.15, -0.1) is 0 Å². The van der Waals surface area contributed by atoms with Gasteiger partial charge < -0.3 is 19.9 Å². The molecule has 1 saturated carbocycles. The molecule has 1 fully saturated rings. The van der Waals surface area contributed by atoms with Crippen molar-refractivity contribution in [1.82, 2.24) is 5.32 Å². The molecule has 6 nitrogen and oxygen atoms in total. The lowest BCUT2D eigenvalue weighted by molar-refractivity contribution is -0.141. The van der Waals surface area contributed by atoms with Crippen LogP contribution in [0.3, 0.4) is 0 Å². The molecule has 28 heavy (non-hydrogen) atoms. The minimum atomic E-state index is -0.951. The highest BCUT2D eigenvalue weighted by molar-refractivity contribution is 5.92. The summed E-state index contributed by atoms with van der Waals surface area (Å²) >= 11 is 0. The minimum absolute atomic E-state index is 0.0586. The molecule has 1 amide bonds. The zero-order valence-corrected chi connectivity index (χ0v) is 16.1. The van der Waals surface area contributed by atoms with Crippen LogP contribution in [0, 0.1) is 5.92 Å². The largest absolute Gasteiger partial charge is 0.496 e. The average Bonchev–Trinajstić information content (AvgIpc) is 3.52. The highest BCUT2D eigenvalue weighted by Crippen LogP contribution is 2.51. The number of ether oxygens (including phenoxy) is 2. The second kappa shape index (κ2) is 8.33. The Bertz CT molecular complexity index is 860. The standard InChI is InChI=1S/C22H25NO5/c1-27-18-9-5-3-7-15(18)13-16(20(24)25)14-23-21(26)22(11-12-22)17-8-4-6-10-19(17)28-2/h3-10,16H,11-14H2,1-2H3,(H,23,26)(H,24,25). The third-order valence-corrected chi connectivity index (χ3v) is 5.32. The normalized spacial score (nSPS) is 15.4.